The zero-order valence-electron chi connectivity index (χ0n) is 15.2. The minimum atomic E-state index is -0.330. The third-order valence-corrected chi connectivity index (χ3v) is 3.27. The predicted molar refractivity (Wildman–Crippen MR) is 102 cm³/mol. The number of esters is 1. The fourth-order valence-electron chi connectivity index (χ4n) is 2.06. The van der Waals surface area contributed by atoms with Gasteiger partial charge in [0.25, 0.3) is 0 Å². The van der Waals surface area contributed by atoms with E-state index < -0.39 is 0 Å². The molecule has 0 unspecified atom stereocenters. The monoisotopic (exact) mass is 333 g/mol. The predicted octanol–water partition coefficient (Wildman–Crippen LogP) is 4.48. The van der Waals surface area contributed by atoms with Crippen LogP contribution in [-0.2, 0) is 4.74 Å². The Morgan fingerprint density at radius 1 is 1.12 bits per heavy atom. The van der Waals surface area contributed by atoms with E-state index in [0.29, 0.717) is 12.2 Å². The fourth-order valence-corrected chi connectivity index (χ4v) is 2.06. The van der Waals surface area contributed by atoms with Crippen molar-refractivity contribution in [1.82, 2.24) is 0 Å². The minimum Gasteiger partial charge on any atom is -0.462 e. The second-order valence-corrected chi connectivity index (χ2v) is 6.57. The highest BCUT2D eigenvalue weighted by Crippen LogP contribution is 2.11. The third kappa shape index (κ3) is 5.93. The molecular weight excluding hydrogens is 310 g/mol. The molecule has 128 valence electrons. The molecule has 0 N–H and O–H groups in total. The Kier molecular flexibility index (Phi) is 6.14. The van der Waals surface area contributed by atoms with Crippen molar-refractivity contribution in [3.63, 3.8) is 0 Å². The Hall–Kier alpha value is -2.86. The number of carbonyl (C=O) groups excluding carboxylic acids is 1. The van der Waals surface area contributed by atoms with Gasteiger partial charge in [0.2, 0.25) is 0 Å². The van der Waals surface area contributed by atoms with Crippen molar-refractivity contribution in [2.75, 3.05) is 6.61 Å². The molecule has 0 spiro atoms. The Bertz CT molecular complexity index is 833. The second-order valence-electron chi connectivity index (χ2n) is 6.57. The zero-order valence-corrected chi connectivity index (χ0v) is 15.2. The highest BCUT2D eigenvalue weighted by atomic mass is 16.5. The van der Waals surface area contributed by atoms with Crippen molar-refractivity contribution in [1.29, 1.82) is 0 Å². The van der Waals surface area contributed by atoms with Gasteiger partial charge >= 0.3 is 5.97 Å². The molecule has 0 aliphatic heterocycles. The number of ether oxygens (including phenoxy) is 1. The van der Waals surface area contributed by atoms with Gasteiger partial charge in [-0.25, -0.2) is 4.79 Å². The van der Waals surface area contributed by atoms with Crippen molar-refractivity contribution in [2.45, 2.75) is 33.2 Å². The van der Waals surface area contributed by atoms with Crippen LogP contribution in [0, 0.1) is 11.8 Å². The van der Waals surface area contributed by atoms with E-state index >= 15 is 0 Å². The number of aliphatic imine (C=N–C) groups is 1. The Labute approximate surface area is 149 Å². The van der Waals surface area contributed by atoms with E-state index in [-0.39, 0.29) is 11.5 Å². The lowest BCUT2D eigenvalue weighted by Crippen LogP contribution is -2.09. The number of carbonyl (C=O) groups is 1. The van der Waals surface area contributed by atoms with E-state index in [0.717, 1.165) is 16.7 Å². The molecule has 0 saturated heterocycles. The Balaban J connectivity index is 2.29. The van der Waals surface area contributed by atoms with Gasteiger partial charge in [0.1, 0.15) is 0 Å². The van der Waals surface area contributed by atoms with Gasteiger partial charge in [0, 0.05) is 22.9 Å². The number of benzene rings is 2. The van der Waals surface area contributed by atoms with Crippen molar-refractivity contribution < 1.29 is 9.53 Å². The Morgan fingerprint density at radius 2 is 1.88 bits per heavy atom. The molecule has 2 aromatic rings. The van der Waals surface area contributed by atoms with Crippen LogP contribution in [-0.4, -0.2) is 24.3 Å². The SMILES string of the molecule is CCOC(=O)c1cccc(C#Cc2ccccc2C=NC(C)(C)C)c1. The molecule has 2 aromatic carbocycles. The highest BCUT2D eigenvalue weighted by Gasteiger charge is 2.07. The molecule has 25 heavy (non-hydrogen) atoms. The average molecular weight is 333 g/mol. The number of rotatable bonds is 3. The van der Waals surface area contributed by atoms with Crippen molar-refractivity contribution >= 4 is 12.2 Å². The fraction of sp³-hybridized carbons (Fsp3) is 0.273. The maximum absolute atomic E-state index is 11.8. The smallest absolute Gasteiger partial charge is 0.338 e. The molecule has 0 aromatic heterocycles. The van der Waals surface area contributed by atoms with Gasteiger partial charge in [0.05, 0.1) is 17.7 Å². The van der Waals surface area contributed by atoms with E-state index in [1.54, 1.807) is 19.1 Å². The van der Waals surface area contributed by atoms with Crippen molar-refractivity contribution in [3.05, 3.63) is 70.8 Å². The zero-order chi connectivity index (χ0) is 18.3. The van der Waals surface area contributed by atoms with Gasteiger partial charge in [0.15, 0.2) is 0 Å². The van der Waals surface area contributed by atoms with E-state index in [1.165, 1.54) is 0 Å². The summed E-state index contributed by atoms with van der Waals surface area (Å²) in [6.07, 6.45) is 1.86. The summed E-state index contributed by atoms with van der Waals surface area (Å²) < 4.78 is 5.02. The average Bonchev–Trinajstić information content (AvgIpc) is 2.58. The molecule has 0 amide bonds. The quantitative estimate of drug-likeness (QED) is 0.472. The maximum atomic E-state index is 11.8. The van der Waals surface area contributed by atoms with Crippen LogP contribution in [0.1, 0.15) is 54.7 Å². The first-order valence-corrected chi connectivity index (χ1v) is 8.32. The summed E-state index contributed by atoms with van der Waals surface area (Å²) in [7, 11) is 0. The highest BCUT2D eigenvalue weighted by molar-refractivity contribution is 5.89. The topological polar surface area (TPSA) is 38.7 Å². The number of hydrogen-bond acceptors (Lipinski definition) is 3. The molecule has 0 fully saturated rings. The normalized spacial score (nSPS) is 11.0. The van der Waals surface area contributed by atoms with Gasteiger partial charge in [-0.15, -0.1) is 0 Å². The maximum Gasteiger partial charge on any atom is 0.338 e. The molecule has 0 atom stereocenters. The van der Waals surface area contributed by atoms with Gasteiger partial charge in [-0.05, 0) is 52.0 Å². The summed E-state index contributed by atoms with van der Waals surface area (Å²) in [5, 5.41) is 0. The summed E-state index contributed by atoms with van der Waals surface area (Å²) in [5.41, 5.74) is 3.03. The van der Waals surface area contributed by atoms with E-state index in [2.05, 4.69) is 37.6 Å². The van der Waals surface area contributed by atoms with Crippen LogP contribution in [0.25, 0.3) is 0 Å². The van der Waals surface area contributed by atoms with Crippen LogP contribution < -0.4 is 0 Å². The molecule has 2 rings (SSSR count). The molecule has 0 saturated carbocycles. The summed E-state index contributed by atoms with van der Waals surface area (Å²) in [6, 6.07) is 15.0. The molecular formula is C22H23NO2. The van der Waals surface area contributed by atoms with Crippen LogP contribution in [0.15, 0.2) is 53.5 Å². The molecule has 0 radical (unpaired) electrons. The first-order chi connectivity index (χ1) is 11.9. The van der Waals surface area contributed by atoms with E-state index in [9.17, 15) is 4.79 Å². The lowest BCUT2D eigenvalue weighted by molar-refractivity contribution is 0.0526. The number of hydrogen-bond donors (Lipinski definition) is 0. The lowest BCUT2D eigenvalue weighted by Gasteiger charge is -2.11. The van der Waals surface area contributed by atoms with Gasteiger partial charge in [-0.2, -0.15) is 0 Å². The summed E-state index contributed by atoms with van der Waals surface area (Å²) >= 11 is 0. The van der Waals surface area contributed by atoms with Crippen LogP contribution in [0.5, 0.6) is 0 Å². The van der Waals surface area contributed by atoms with E-state index in [1.807, 2.05) is 42.6 Å². The van der Waals surface area contributed by atoms with E-state index in [4.69, 9.17) is 4.74 Å². The number of nitrogens with zero attached hydrogens (tertiary/aromatic N) is 1. The largest absolute Gasteiger partial charge is 0.462 e. The molecule has 3 heteroatoms. The van der Waals surface area contributed by atoms with Gasteiger partial charge in [-0.1, -0.05) is 36.1 Å². The standard InChI is InChI=1S/C22H23NO2/c1-5-25-21(24)19-12-8-9-17(15-19)13-14-18-10-6-7-11-20(18)16-23-22(2,3)4/h6-12,15-16H,5H2,1-4H3. The van der Waals surface area contributed by atoms with Crippen LogP contribution in [0.4, 0.5) is 0 Å². The molecule has 0 bridgehead atoms. The van der Waals surface area contributed by atoms with Crippen molar-refractivity contribution in [3.8, 4) is 11.8 Å². The van der Waals surface area contributed by atoms with Crippen LogP contribution >= 0.6 is 0 Å². The minimum absolute atomic E-state index is 0.130. The molecule has 0 aliphatic carbocycles. The molecule has 0 heterocycles. The van der Waals surface area contributed by atoms with Gasteiger partial charge < -0.3 is 4.74 Å². The second kappa shape index (κ2) is 8.30. The van der Waals surface area contributed by atoms with Crippen LogP contribution in [0.3, 0.4) is 0 Å². The summed E-state index contributed by atoms with van der Waals surface area (Å²) in [4.78, 5) is 16.4. The first-order valence-electron chi connectivity index (χ1n) is 8.32. The van der Waals surface area contributed by atoms with Gasteiger partial charge in [-0.3, -0.25) is 4.99 Å². The Morgan fingerprint density at radius 3 is 2.60 bits per heavy atom. The third-order valence-electron chi connectivity index (χ3n) is 3.27. The molecule has 0 aliphatic rings. The van der Waals surface area contributed by atoms with Crippen LogP contribution in [0.2, 0.25) is 0 Å². The first kappa shape index (κ1) is 18.5. The summed E-state index contributed by atoms with van der Waals surface area (Å²) in [6.45, 7) is 8.31. The lowest BCUT2D eigenvalue weighted by atomic mass is 10.1. The van der Waals surface area contributed by atoms with Crippen molar-refractivity contribution in [2.24, 2.45) is 4.99 Å². The summed E-state index contributed by atoms with van der Waals surface area (Å²) in [5.74, 6) is 5.96. The molecule has 3 nitrogen and oxygen atoms in total.